The molecule has 144 valence electrons. The molecule has 9 nitrogen and oxygen atoms in total. The third-order valence-corrected chi connectivity index (χ3v) is 4.65. The molecule has 0 radical (unpaired) electrons. The van der Waals surface area contributed by atoms with Crippen molar-refractivity contribution in [3.8, 4) is 0 Å². The Bertz CT molecular complexity index is 1110. The molecule has 1 saturated heterocycles. The number of aromatic nitrogens is 3. The van der Waals surface area contributed by atoms with Gasteiger partial charge in [0.1, 0.15) is 0 Å². The lowest BCUT2D eigenvalue weighted by atomic mass is 10.1. The number of rotatable bonds is 3. The van der Waals surface area contributed by atoms with Crippen molar-refractivity contribution in [2.24, 2.45) is 0 Å². The summed E-state index contributed by atoms with van der Waals surface area (Å²) in [6, 6.07) is 6.76. The number of amides is 2. The first-order valence-electron chi connectivity index (χ1n) is 8.88. The molecule has 0 atom stereocenters. The molecule has 2 aromatic heterocycles. The van der Waals surface area contributed by atoms with E-state index in [0.29, 0.717) is 54.3 Å². The highest BCUT2D eigenvalue weighted by atomic mass is 16.5. The Morgan fingerprint density at radius 3 is 2.75 bits per heavy atom. The van der Waals surface area contributed by atoms with E-state index in [-0.39, 0.29) is 17.5 Å². The lowest BCUT2D eigenvalue weighted by Crippen LogP contribution is -2.41. The van der Waals surface area contributed by atoms with Crippen molar-refractivity contribution >= 4 is 28.7 Å². The van der Waals surface area contributed by atoms with Gasteiger partial charge in [0.05, 0.1) is 24.3 Å². The van der Waals surface area contributed by atoms with Crippen molar-refractivity contribution in [2.45, 2.75) is 6.92 Å². The zero-order valence-corrected chi connectivity index (χ0v) is 15.2. The van der Waals surface area contributed by atoms with Crippen LogP contribution in [-0.2, 0) is 4.74 Å². The van der Waals surface area contributed by atoms with Crippen LogP contribution in [0.1, 0.15) is 26.3 Å². The quantitative estimate of drug-likeness (QED) is 0.631. The molecule has 0 unspecified atom stereocenters. The van der Waals surface area contributed by atoms with Crippen LogP contribution in [0.5, 0.6) is 0 Å². The molecule has 0 bridgehead atoms. The number of nitrogens with zero attached hydrogens (tertiary/aromatic N) is 2. The van der Waals surface area contributed by atoms with Crippen LogP contribution in [0.3, 0.4) is 0 Å². The van der Waals surface area contributed by atoms with Crippen LogP contribution in [0, 0.1) is 6.92 Å². The average Bonchev–Trinajstić information content (AvgIpc) is 3.08. The second-order valence-corrected chi connectivity index (χ2v) is 6.59. The van der Waals surface area contributed by atoms with Gasteiger partial charge >= 0.3 is 5.69 Å². The maximum Gasteiger partial charge on any atom is 0.325 e. The number of benzene rings is 1. The van der Waals surface area contributed by atoms with Crippen LogP contribution in [0.25, 0.3) is 11.2 Å². The Labute approximate surface area is 159 Å². The summed E-state index contributed by atoms with van der Waals surface area (Å²) in [5.74, 6) is -0.463. The highest BCUT2D eigenvalue weighted by molar-refractivity contribution is 6.06. The van der Waals surface area contributed by atoms with Crippen LogP contribution >= 0.6 is 0 Å². The number of nitrogens with one attached hydrogen (secondary N) is 3. The highest BCUT2D eigenvalue weighted by Crippen LogP contribution is 2.19. The number of imidazole rings is 1. The molecular formula is C19H19N5O4. The average molecular weight is 381 g/mol. The summed E-state index contributed by atoms with van der Waals surface area (Å²) in [7, 11) is 0. The Balaban J connectivity index is 1.56. The number of aromatic amines is 2. The van der Waals surface area contributed by atoms with Gasteiger partial charge in [0.25, 0.3) is 11.8 Å². The van der Waals surface area contributed by atoms with E-state index in [1.807, 2.05) is 6.92 Å². The van der Waals surface area contributed by atoms with Crippen molar-refractivity contribution < 1.29 is 14.3 Å². The third kappa shape index (κ3) is 3.52. The van der Waals surface area contributed by atoms with Crippen LogP contribution in [0.2, 0.25) is 0 Å². The molecule has 9 heteroatoms. The smallest absolute Gasteiger partial charge is 0.325 e. The van der Waals surface area contributed by atoms with E-state index in [0.717, 1.165) is 5.56 Å². The molecule has 0 saturated carbocycles. The monoisotopic (exact) mass is 381 g/mol. The third-order valence-electron chi connectivity index (χ3n) is 4.65. The second kappa shape index (κ2) is 7.28. The number of carbonyl (C=O) groups is 2. The summed E-state index contributed by atoms with van der Waals surface area (Å²) in [6.07, 6.45) is 1.38. The summed E-state index contributed by atoms with van der Waals surface area (Å²) >= 11 is 0. The maximum absolute atomic E-state index is 12.8. The van der Waals surface area contributed by atoms with E-state index in [4.69, 9.17) is 4.74 Å². The molecule has 3 aromatic rings. The molecule has 1 aliphatic heterocycles. The first-order chi connectivity index (χ1) is 13.5. The normalized spacial score (nSPS) is 14.2. The van der Waals surface area contributed by atoms with Gasteiger partial charge in [0.15, 0.2) is 5.65 Å². The van der Waals surface area contributed by atoms with Crippen LogP contribution in [0.4, 0.5) is 5.69 Å². The predicted molar refractivity (Wildman–Crippen MR) is 103 cm³/mol. The van der Waals surface area contributed by atoms with Gasteiger partial charge in [-0.3, -0.25) is 14.6 Å². The van der Waals surface area contributed by atoms with Gasteiger partial charge in [-0.2, -0.15) is 0 Å². The van der Waals surface area contributed by atoms with E-state index in [1.54, 1.807) is 29.2 Å². The minimum Gasteiger partial charge on any atom is -0.378 e. The maximum atomic E-state index is 12.8. The number of hydrogen-bond donors (Lipinski definition) is 3. The van der Waals surface area contributed by atoms with Gasteiger partial charge in [0.2, 0.25) is 0 Å². The summed E-state index contributed by atoms with van der Waals surface area (Å²) in [5.41, 5.74) is 2.63. The van der Waals surface area contributed by atoms with Crippen molar-refractivity contribution in [1.82, 2.24) is 19.9 Å². The molecule has 3 heterocycles. The minimum atomic E-state index is -0.384. The van der Waals surface area contributed by atoms with Gasteiger partial charge in [-0.1, -0.05) is 6.07 Å². The minimum absolute atomic E-state index is 0.0788. The first kappa shape index (κ1) is 17.9. The van der Waals surface area contributed by atoms with E-state index < -0.39 is 0 Å². The fraction of sp³-hybridized carbons (Fsp3) is 0.263. The molecule has 2 amide bonds. The molecular weight excluding hydrogens is 362 g/mol. The number of anilines is 1. The fourth-order valence-corrected chi connectivity index (χ4v) is 3.12. The SMILES string of the molecule is Cc1ccc(NC(=O)c2cnc3[nH]c(=O)[nH]c3c2)cc1C(=O)N1CCOCC1. The van der Waals surface area contributed by atoms with Gasteiger partial charge in [-0.15, -0.1) is 0 Å². The van der Waals surface area contributed by atoms with Crippen molar-refractivity contribution in [3.05, 3.63) is 57.6 Å². The molecule has 28 heavy (non-hydrogen) atoms. The number of aryl methyl sites for hydroxylation is 1. The lowest BCUT2D eigenvalue weighted by Gasteiger charge is -2.27. The highest BCUT2D eigenvalue weighted by Gasteiger charge is 2.20. The zero-order chi connectivity index (χ0) is 19.7. The summed E-state index contributed by atoms with van der Waals surface area (Å²) < 4.78 is 5.29. The Kier molecular flexibility index (Phi) is 4.66. The van der Waals surface area contributed by atoms with Crippen LogP contribution in [0.15, 0.2) is 35.3 Å². The molecule has 3 N–H and O–H groups in total. The summed E-state index contributed by atoms with van der Waals surface area (Å²) in [6.45, 7) is 4.01. The molecule has 4 rings (SSSR count). The Hall–Kier alpha value is -3.46. The predicted octanol–water partition coefficient (Wildman–Crippen LogP) is 1.28. The van der Waals surface area contributed by atoms with Crippen LogP contribution in [-0.4, -0.2) is 58.0 Å². The van der Waals surface area contributed by atoms with Crippen LogP contribution < -0.4 is 11.0 Å². The molecule has 1 aromatic carbocycles. The number of ether oxygens (including phenoxy) is 1. The summed E-state index contributed by atoms with van der Waals surface area (Å²) in [4.78, 5) is 47.6. The van der Waals surface area contributed by atoms with Crippen molar-refractivity contribution in [2.75, 3.05) is 31.6 Å². The van der Waals surface area contributed by atoms with E-state index in [9.17, 15) is 14.4 Å². The van der Waals surface area contributed by atoms with E-state index in [1.165, 1.54) is 6.20 Å². The fourth-order valence-electron chi connectivity index (χ4n) is 3.12. The number of morpholine rings is 1. The number of fused-ring (bicyclic) bond motifs is 1. The number of H-pyrrole nitrogens is 2. The second-order valence-electron chi connectivity index (χ2n) is 6.59. The topological polar surface area (TPSA) is 120 Å². The van der Waals surface area contributed by atoms with Gasteiger partial charge in [-0.05, 0) is 30.7 Å². The Morgan fingerprint density at radius 2 is 1.96 bits per heavy atom. The molecule has 1 aliphatic rings. The zero-order valence-electron chi connectivity index (χ0n) is 15.2. The summed E-state index contributed by atoms with van der Waals surface area (Å²) in [5, 5.41) is 2.78. The number of hydrogen-bond acceptors (Lipinski definition) is 5. The first-order valence-corrected chi connectivity index (χ1v) is 8.88. The van der Waals surface area contributed by atoms with Gasteiger partial charge in [0, 0.05) is 30.5 Å². The molecule has 0 aliphatic carbocycles. The number of carbonyl (C=O) groups excluding carboxylic acids is 2. The lowest BCUT2D eigenvalue weighted by molar-refractivity contribution is 0.0302. The molecule has 1 fully saturated rings. The van der Waals surface area contributed by atoms with Crippen molar-refractivity contribution in [1.29, 1.82) is 0 Å². The van der Waals surface area contributed by atoms with E-state index in [2.05, 4.69) is 20.3 Å². The number of pyridine rings is 1. The standard InChI is InChI=1S/C19H19N5O4/c1-11-2-3-13(9-14(11)18(26)24-4-6-28-7-5-24)21-17(25)12-8-15-16(20-10-12)23-19(27)22-15/h2-3,8-10H,4-7H2,1H3,(H,21,25)(H2,20,22,23,27). The van der Waals surface area contributed by atoms with Gasteiger partial charge in [-0.25, -0.2) is 9.78 Å². The Morgan fingerprint density at radius 1 is 1.18 bits per heavy atom. The van der Waals surface area contributed by atoms with Crippen molar-refractivity contribution in [3.63, 3.8) is 0 Å². The van der Waals surface area contributed by atoms with Gasteiger partial charge < -0.3 is 19.9 Å². The van der Waals surface area contributed by atoms with E-state index >= 15 is 0 Å². The molecule has 0 spiro atoms. The largest absolute Gasteiger partial charge is 0.378 e.